The molecule has 0 spiro atoms. The quantitative estimate of drug-likeness (QED) is 0.844. The Bertz CT molecular complexity index is 305. The van der Waals surface area contributed by atoms with Gasteiger partial charge in [-0.15, -0.1) is 11.3 Å². The summed E-state index contributed by atoms with van der Waals surface area (Å²) in [6, 6.07) is 1.93. The van der Waals surface area contributed by atoms with Crippen molar-refractivity contribution >= 4 is 27.3 Å². The summed E-state index contributed by atoms with van der Waals surface area (Å²) < 4.78 is 6.01. The first kappa shape index (κ1) is 13.1. The molecule has 1 rings (SSSR count). The molecule has 1 aromatic heterocycles. The molecule has 0 saturated carbocycles. The van der Waals surface area contributed by atoms with Crippen LogP contribution in [0.1, 0.15) is 17.7 Å². The Labute approximate surface area is 102 Å². The van der Waals surface area contributed by atoms with Crippen molar-refractivity contribution in [2.45, 2.75) is 18.4 Å². The second-order valence-electron chi connectivity index (χ2n) is 3.45. The molecule has 0 aliphatic rings. The Kier molecular flexibility index (Phi) is 5.22. The number of hydrogen-bond acceptors (Lipinski definition) is 4. The van der Waals surface area contributed by atoms with E-state index in [9.17, 15) is 5.11 Å². The van der Waals surface area contributed by atoms with E-state index in [1.807, 2.05) is 11.4 Å². The molecule has 5 heteroatoms. The summed E-state index contributed by atoms with van der Waals surface area (Å²) >= 11 is 4.96. The predicted octanol–water partition coefficient (Wildman–Crippen LogP) is 2.08. The van der Waals surface area contributed by atoms with Crippen LogP contribution in [0.15, 0.2) is 15.9 Å². The van der Waals surface area contributed by atoms with Crippen LogP contribution in [-0.2, 0) is 10.3 Å². The van der Waals surface area contributed by atoms with Gasteiger partial charge in [0.15, 0.2) is 0 Å². The average Bonchev–Trinajstić information content (AvgIpc) is 2.62. The van der Waals surface area contributed by atoms with E-state index in [0.29, 0.717) is 19.6 Å². The Balaban J connectivity index is 2.85. The van der Waals surface area contributed by atoms with Gasteiger partial charge in [-0.25, -0.2) is 0 Å². The van der Waals surface area contributed by atoms with Crippen LogP contribution in [0.2, 0.25) is 0 Å². The Morgan fingerprint density at radius 1 is 1.67 bits per heavy atom. The molecule has 0 radical (unpaired) electrons. The number of aliphatic hydroxyl groups is 1. The normalized spacial score (nSPS) is 15.2. The highest BCUT2D eigenvalue weighted by Gasteiger charge is 2.31. The molecule has 0 aliphatic heterocycles. The third-order valence-corrected chi connectivity index (χ3v) is 4.25. The van der Waals surface area contributed by atoms with Crippen LogP contribution < -0.4 is 5.73 Å². The molecule has 0 amide bonds. The number of methoxy groups -OCH3 is 1. The van der Waals surface area contributed by atoms with Gasteiger partial charge in [0.05, 0.1) is 11.5 Å². The lowest BCUT2D eigenvalue weighted by molar-refractivity contribution is -0.0407. The Hall–Kier alpha value is 0.0600. The minimum absolute atomic E-state index is 0.298. The fourth-order valence-corrected chi connectivity index (χ4v) is 3.37. The number of halogens is 1. The maximum absolute atomic E-state index is 10.5. The second-order valence-corrected chi connectivity index (χ2v) is 5.22. The molecule has 0 aliphatic carbocycles. The molecular formula is C10H16BrNO2S. The van der Waals surface area contributed by atoms with Crippen LogP contribution in [0.5, 0.6) is 0 Å². The van der Waals surface area contributed by atoms with Crippen LogP contribution in [0.3, 0.4) is 0 Å². The fourth-order valence-electron chi connectivity index (χ4n) is 1.51. The van der Waals surface area contributed by atoms with Crippen molar-refractivity contribution in [1.82, 2.24) is 0 Å². The summed E-state index contributed by atoms with van der Waals surface area (Å²) in [4.78, 5) is 0.915. The first-order valence-electron chi connectivity index (χ1n) is 4.79. The van der Waals surface area contributed by atoms with E-state index in [0.717, 1.165) is 15.8 Å². The number of rotatable bonds is 6. The van der Waals surface area contributed by atoms with Gasteiger partial charge in [-0.05, 0) is 46.8 Å². The van der Waals surface area contributed by atoms with Crippen LogP contribution in [0, 0.1) is 0 Å². The van der Waals surface area contributed by atoms with Gasteiger partial charge in [-0.2, -0.15) is 0 Å². The summed E-state index contributed by atoms with van der Waals surface area (Å²) in [6.45, 7) is 0.876. The second kappa shape index (κ2) is 5.96. The minimum atomic E-state index is -0.916. The first-order chi connectivity index (χ1) is 7.14. The maximum atomic E-state index is 10.5. The van der Waals surface area contributed by atoms with Crippen molar-refractivity contribution in [1.29, 1.82) is 0 Å². The van der Waals surface area contributed by atoms with E-state index in [1.54, 1.807) is 7.11 Å². The average molecular weight is 294 g/mol. The molecule has 3 nitrogen and oxygen atoms in total. The standard InChI is InChI=1S/C10H16BrNO2S/c1-14-7-10(13,4-2-5-12)9-8(11)3-6-15-9/h3,6,13H,2,4-5,7,12H2,1H3. The van der Waals surface area contributed by atoms with Gasteiger partial charge in [0.1, 0.15) is 5.60 Å². The van der Waals surface area contributed by atoms with Gasteiger partial charge < -0.3 is 15.6 Å². The zero-order valence-corrected chi connectivity index (χ0v) is 11.1. The van der Waals surface area contributed by atoms with Crippen molar-refractivity contribution in [2.75, 3.05) is 20.3 Å². The van der Waals surface area contributed by atoms with E-state index in [-0.39, 0.29) is 0 Å². The highest BCUT2D eigenvalue weighted by Crippen LogP contribution is 2.36. The fraction of sp³-hybridized carbons (Fsp3) is 0.600. The first-order valence-corrected chi connectivity index (χ1v) is 6.46. The lowest BCUT2D eigenvalue weighted by atomic mass is 9.97. The predicted molar refractivity (Wildman–Crippen MR) is 66.1 cm³/mol. The molecule has 1 atom stereocenters. The molecule has 0 bridgehead atoms. The summed E-state index contributed by atoms with van der Waals surface area (Å²) in [7, 11) is 1.59. The van der Waals surface area contributed by atoms with Crippen molar-refractivity contribution in [3.63, 3.8) is 0 Å². The topological polar surface area (TPSA) is 55.5 Å². The lowest BCUT2D eigenvalue weighted by Crippen LogP contribution is -2.31. The van der Waals surface area contributed by atoms with Gasteiger partial charge >= 0.3 is 0 Å². The molecule has 15 heavy (non-hydrogen) atoms. The van der Waals surface area contributed by atoms with Gasteiger partial charge in [-0.1, -0.05) is 0 Å². The zero-order valence-electron chi connectivity index (χ0n) is 8.70. The van der Waals surface area contributed by atoms with E-state index < -0.39 is 5.60 Å². The molecular weight excluding hydrogens is 278 g/mol. The number of hydrogen-bond donors (Lipinski definition) is 2. The molecule has 1 aromatic rings. The largest absolute Gasteiger partial charge is 0.382 e. The van der Waals surface area contributed by atoms with Crippen LogP contribution >= 0.6 is 27.3 Å². The molecule has 1 heterocycles. The summed E-state index contributed by atoms with van der Waals surface area (Å²) in [6.07, 6.45) is 1.40. The third-order valence-electron chi connectivity index (χ3n) is 2.22. The van der Waals surface area contributed by atoms with E-state index >= 15 is 0 Å². The summed E-state index contributed by atoms with van der Waals surface area (Å²) in [5.74, 6) is 0. The Morgan fingerprint density at radius 2 is 2.40 bits per heavy atom. The van der Waals surface area contributed by atoms with Gasteiger partial charge in [0.2, 0.25) is 0 Å². The summed E-state index contributed by atoms with van der Waals surface area (Å²) in [5, 5.41) is 12.4. The number of ether oxygens (including phenoxy) is 1. The van der Waals surface area contributed by atoms with Crippen LogP contribution in [0.25, 0.3) is 0 Å². The van der Waals surface area contributed by atoms with Crippen molar-refractivity contribution in [3.8, 4) is 0 Å². The van der Waals surface area contributed by atoms with Crippen LogP contribution in [-0.4, -0.2) is 25.4 Å². The maximum Gasteiger partial charge on any atom is 0.123 e. The molecule has 0 saturated heterocycles. The number of nitrogens with two attached hydrogens (primary N) is 1. The smallest absolute Gasteiger partial charge is 0.123 e. The van der Waals surface area contributed by atoms with Crippen LogP contribution in [0.4, 0.5) is 0 Å². The SMILES string of the molecule is COCC(O)(CCCN)c1sccc1Br. The molecule has 3 N–H and O–H groups in total. The van der Waals surface area contributed by atoms with E-state index in [2.05, 4.69) is 15.9 Å². The Morgan fingerprint density at radius 3 is 2.87 bits per heavy atom. The van der Waals surface area contributed by atoms with Gasteiger partial charge in [-0.3, -0.25) is 0 Å². The molecule has 1 unspecified atom stereocenters. The van der Waals surface area contributed by atoms with Crippen molar-refractivity contribution < 1.29 is 9.84 Å². The number of thiophene rings is 1. The van der Waals surface area contributed by atoms with Crippen molar-refractivity contribution in [3.05, 3.63) is 20.8 Å². The third kappa shape index (κ3) is 3.26. The van der Waals surface area contributed by atoms with Crippen molar-refractivity contribution in [2.24, 2.45) is 5.73 Å². The minimum Gasteiger partial charge on any atom is -0.382 e. The molecule has 0 fully saturated rings. The monoisotopic (exact) mass is 293 g/mol. The zero-order chi connectivity index (χ0) is 11.3. The van der Waals surface area contributed by atoms with Gasteiger partial charge in [0, 0.05) is 11.6 Å². The van der Waals surface area contributed by atoms with Gasteiger partial charge in [0.25, 0.3) is 0 Å². The molecule has 0 aromatic carbocycles. The van der Waals surface area contributed by atoms with E-state index in [4.69, 9.17) is 10.5 Å². The van der Waals surface area contributed by atoms with E-state index in [1.165, 1.54) is 11.3 Å². The molecule has 86 valence electrons. The summed E-state index contributed by atoms with van der Waals surface area (Å²) in [5.41, 5.74) is 4.55. The lowest BCUT2D eigenvalue weighted by Gasteiger charge is -2.26. The highest BCUT2D eigenvalue weighted by atomic mass is 79.9. The highest BCUT2D eigenvalue weighted by molar-refractivity contribution is 9.10.